The fourth-order valence-electron chi connectivity index (χ4n) is 8.89. The van der Waals surface area contributed by atoms with Crippen LogP contribution in [0.3, 0.4) is 0 Å². The Kier molecular flexibility index (Phi) is 13.2. The minimum absolute atomic E-state index is 0.131. The normalized spacial score (nSPS) is 11.7. The molecule has 0 unspecified atom stereocenters. The van der Waals surface area contributed by atoms with E-state index in [1.165, 1.54) is 24.3 Å². The van der Waals surface area contributed by atoms with Crippen LogP contribution < -0.4 is 9.47 Å². The molecule has 71 heavy (non-hydrogen) atoms. The zero-order valence-corrected chi connectivity index (χ0v) is 40.9. The molecule has 10 aromatic carbocycles. The van der Waals surface area contributed by atoms with Crippen LogP contribution in [0.25, 0.3) is 22.3 Å². The molecule has 0 N–H and O–H groups in total. The minimum atomic E-state index is -3.80. The van der Waals surface area contributed by atoms with Gasteiger partial charge in [-0.15, -0.1) is 0 Å². The molecule has 10 aromatic rings. The van der Waals surface area contributed by atoms with Crippen LogP contribution in [0.15, 0.2) is 274 Å². The second kappa shape index (κ2) is 19.9. The summed E-state index contributed by atoms with van der Waals surface area (Å²) in [4.78, 5) is 0.552. The van der Waals surface area contributed by atoms with Gasteiger partial charge < -0.3 is 9.47 Å². The first-order valence-corrected chi connectivity index (χ1v) is 26.3. The average molecular weight is 1010 g/mol. The first kappa shape index (κ1) is 47.0. The standard InChI is InChI=1S/C61H42Cl2O6S2/c62-49-23-31-53(32-24-49)70(64,65)55-35-27-51(28-36-55)68-59-39-21-47(41-57(59)43-13-5-1-6-14-43)61(45-17-9-3-10-18-45,46-19-11-4-12-20-46)48-22-40-60(58(42-48)44-15-7-2-8-16-44)69-52-29-37-56(38-30-52)71(66,67)54-33-25-50(63)26-34-54/h1-42H. The molecule has 0 atom stereocenters. The number of ether oxygens (including phenoxy) is 2. The zero-order chi connectivity index (χ0) is 49.0. The van der Waals surface area contributed by atoms with Gasteiger partial charge in [0.25, 0.3) is 0 Å². The molecule has 10 rings (SSSR count). The first-order chi connectivity index (χ1) is 34.5. The van der Waals surface area contributed by atoms with Gasteiger partial charge in [0.2, 0.25) is 19.7 Å². The molecule has 0 aliphatic rings. The number of sulfone groups is 2. The van der Waals surface area contributed by atoms with Gasteiger partial charge in [-0.1, -0.05) is 157 Å². The van der Waals surface area contributed by atoms with Crippen LogP contribution in [0.2, 0.25) is 10.0 Å². The predicted molar refractivity (Wildman–Crippen MR) is 282 cm³/mol. The molecular formula is C61H42Cl2O6S2. The van der Waals surface area contributed by atoms with Crippen LogP contribution in [-0.4, -0.2) is 16.8 Å². The van der Waals surface area contributed by atoms with Crippen molar-refractivity contribution in [3.05, 3.63) is 287 Å². The summed E-state index contributed by atoms with van der Waals surface area (Å²) in [6, 6.07) is 78.4. The van der Waals surface area contributed by atoms with E-state index in [4.69, 9.17) is 32.7 Å². The van der Waals surface area contributed by atoms with Gasteiger partial charge in [0.05, 0.1) is 25.0 Å². The first-order valence-electron chi connectivity index (χ1n) is 22.6. The molecule has 10 heteroatoms. The van der Waals surface area contributed by atoms with Gasteiger partial charge in [-0.05, 0) is 155 Å². The van der Waals surface area contributed by atoms with E-state index in [1.807, 2.05) is 109 Å². The van der Waals surface area contributed by atoms with Crippen molar-refractivity contribution >= 4 is 42.9 Å². The monoisotopic (exact) mass is 1000 g/mol. The van der Waals surface area contributed by atoms with E-state index < -0.39 is 25.1 Å². The van der Waals surface area contributed by atoms with Crippen molar-refractivity contribution < 1.29 is 26.3 Å². The van der Waals surface area contributed by atoms with Gasteiger partial charge in [0.1, 0.15) is 23.0 Å². The van der Waals surface area contributed by atoms with Gasteiger partial charge in [0.15, 0.2) is 0 Å². The fourth-order valence-corrected chi connectivity index (χ4v) is 11.7. The van der Waals surface area contributed by atoms with E-state index >= 15 is 0 Å². The molecule has 348 valence electrons. The second-order valence-corrected chi connectivity index (χ2v) is 21.5. The number of hydrogen-bond acceptors (Lipinski definition) is 6. The van der Waals surface area contributed by atoms with Crippen LogP contribution in [0.5, 0.6) is 23.0 Å². The molecule has 0 bridgehead atoms. The Morgan fingerprint density at radius 2 is 0.606 bits per heavy atom. The molecule has 0 aromatic heterocycles. The largest absolute Gasteiger partial charge is 0.457 e. The SMILES string of the molecule is O=S(=O)(c1ccc(Cl)cc1)c1ccc(Oc2ccc(C(c3ccccc3)(c3ccccc3)c3ccc(Oc4ccc(S(=O)(=O)c5ccc(Cl)cc5)cc4)c(-c4ccccc4)c3)cc2-c2ccccc2)cc1. The Bertz CT molecular complexity index is 3440. The molecule has 0 fully saturated rings. The molecule has 0 spiro atoms. The lowest BCUT2D eigenvalue weighted by atomic mass is 9.64. The van der Waals surface area contributed by atoms with Crippen molar-refractivity contribution in [2.75, 3.05) is 0 Å². The van der Waals surface area contributed by atoms with Crippen LogP contribution in [-0.2, 0) is 25.1 Å². The van der Waals surface area contributed by atoms with Gasteiger partial charge >= 0.3 is 0 Å². The van der Waals surface area contributed by atoms with Crippen LogP contribution in [0.1, 0.15) is 22.3 Å². The Morgan fingerprint density at radius 1 is 0.310 bits per heavy atom. The maximum Gasteiger partial charge on any atom is 0.206 e. The van der Waals surface area contributed by atoms with Crippen LogP contribution >= 0.6 is 23.2 Å². The van der Waals surface area contributed by atoms with Crippen molar-refractivity contribution in [2.45, 2.75) is 25.0 Å². The molecule has 0 heterocycles. The second-order valence-electron chi connectivity index (χ2n) is 16.7. The molecule has 0 aliphatic heterocycles. The van der Waals surface area contributed by atoms with E-state index in [2.05, 4.69) is 48.5 Å². The molecule has 0 radical (unpaired) electrons. The van der Waals surface area contributed by atoms with Crippen molar-refractivity contribution in [3.8, 4) is 45.3 Å². The average Bonchev–Trinajstić information content (AvgIpc) is 3.41. The zero-order valence-electron chi connectivity index (χ0n) is 37.8. The van der Waals surface area contributed by atoms with Crippen molar-refractivity contribution in [2.24, 2.45) is 0 Å². The van der Waals surface area contributed by atoms with Gasteiger partial charge in [0, 0.05) is 21.2 Å². The number of halogens is 2. The molecule has 0 amide bonds. The van der Waals surface area contributed by atoms with Crippen molar-refractivity contribution in [1.82, 2.24) is 0 Å². The fraction of sp³-hybridized carbons (Fsp3) is 0.0164. The summed E-state index contributed by atoms with van der Waals surface area (Å²) in [5, 5.41) is 0.900. The van der Waals surface area contributed by atoms with E-state index in [1.54, 1.807) is 72.8 Å². The van der Waals surface area contributed by atoms with Crippen LogP contribution in [0.4, 0.5) is 0 Å². The highest BCUT2D eigenvalue weighted by Crippen LogP contribution is 2.50. The third kappa shape index (κ3) is 9.51. The molecular weight excluding hydrogens is 964 g/mol. The summed E-state index contributed by atoms with van der Waals surface area (Å²) in [6.07, 6.45) is 0. The summed E-state index contributed by atoms with van der Waals surface area (Å²) in [7, 11) is -7.60. The Morgan fingerprint density at radius 3 is 0.930 bits per heavy atom. The summed E-state index contributed by atoms with van der Waals surface area (Å²) in [5.41, 5.74) is 6.50. The lowest BCUT2D eigenvalue weighted by Crippen LogP contribution is -2.31. The highest BCUT2D eigenvalue weighted by Gasteiger charge is 2.39. The van der Waals surface area contributed by atoms with Gasteiger partial charge in [-0.25, -0.2) is 16.8 Å². The quantitative estimate of drug-likeness (QED) is 0.101. The highest BCUT2D eigenvalue weighted by molar-refractivity contribution is 7.91. The minimum Gasteiger partial charge on any atom is -0.457 e. The molecule has 0 saturated heterocycles. The lowest BCUT2D eigenvalue weighted by molar-refractivity contribution is 0.483. The number of benzene rings is 10. The Labute approximate surface area is 423 Å². The lowest BCUT2D eigenvalue weighted by Gasteiger charge is -2.37. The van der Waals surface area contributed by atoms with Crippen LogP contribution in [0, 0.1) is 0 Å². The summed E-state index contributed by atoms with van der Waals surface area (Å²) in [5.74, 6) is 2.07. The van der Waals surface area contributed by atoms with E-state index in [9.17, 15) is 16.8 Å². The summed E-state index contributed by atoms with van der Waals surface area (Å²) < 4.78 is 67.4. The smallest absolute Gasteiger partial charge is 0.206 e. The van der Waals surface area contributed by atoms with Gasteiger partial charge in [-0.3, -0.25) is 0 Å². The topological polar surface area (TPSA) is 86.7 Å². The van der Waals surface area contributed by atoms with Crippen molar-refractivity contribution in [3.63, 3.8) is 0 Å². The third-order valence-electron chi connectivity index (χ3n) is 12.4. The third-order valence-corrected chi connectivity index (χ3v) is 16.5. The predicted octanol–water partition coefficient (Wildman–Crippen LogP) is 16.0. The number of hydrogen-bond donors (Lipinski definition) is 0. The van der Waals surface area contributed by atoms with E-state index in [0.29, 0.717) is 33.0 Å². The Hall–Kier alpha value is -7.72. The highest BCUT2D eigenvalue weighted by atomic mass is 35.5. The van der Waals surface area contributed by atoms with E-state index in [0.717, 1.165) is 44.5 Å². The van der Waals surface area contributed by atoms with Gasteiger partial charge in [-0.2, -0.15) is 0 Å². The molecule has 0 saturated carbocycles. The van der Waals surface area contributed by atoms with E-state index in [-0.39, 0.29) is 19.6 Å². The molecule has 0 aliphatic carbocycles. The van der Waals surface area contributed by atoms with Crippen molar-refractivity contribution in [1.29, 1.82) is 0 Å². The Balaban J connectivity index is 1.10. The summed E-state index contributed by atoms with van der Waals surface area (Å²) in [6.45, 7) is 0. The molecule has 6 nitrogen and oxygen atoms in total. The maximum absolute atomic E-state index is 13.5. The maximum atomic E-state index is 13.5. The summed E-state index contributed by atoms with van der Waals surface area (Å²) >= 11 is 12.1. The number of rotatable bonds is 14.